The first-order valence-corrected chi connectivity index (χ1v) is 16.6. The molecule has 8 aromatic rings. The predicted molar refractivity (Wildman–Crippen MR) is 197 cm³/mol. The first-order valence-electron chi connectivity index (χ1n) is 15.8. The fourth-order valence-corrected chi connectivity index (χ4v) is 7.28. The van der Waals surface area contributed by atoms with E-state index in [0.717, 1.165) is 56.2 Å². The average Bonchev–Trinajstić information content (AvgIpc) is 3.45. The zero-order chi connectivity index (χ0) is 31.7. The number of rotatable bonds is 6. The summed E-state index contributed by atoms with van der Waals surface area (Å²) in [5.74, 6) is 0.688. The summed E-state index contributed by atoms with van der Waals surface area (Å²) in [6.07, 6.45) is 0. The maximum Gasteiger partial charge on any atom is 0.160 e. The van der Waals surface area contributed by atoms with Crippen molar-refractivity contribution < 1.29 is 0 Å². The van der Waals surface area contributed by atoms with Crippen LogP contribution >= 0.6 is 11.3 Å². The Labute approximate surface area is 278 Å². The molecule has 4 heteroatoms. The van der Waals surface area contributed by atoms with Crippen molar-refractivity contribution in [3.8, 4) is 67.5 Å². The molecule has 5 aromatic carbocycles. The molecule has 0 aliphatic rings. The number of nitrogens with zero attached hydrogens (tertiary/aromatic N) is 3. The Morgan fingerprint density at radius 1 is 0.404 bits per heavy atom. The molecule has 0 radical (unpaired) electrons. The molecule has 47 heavy (non-hydrogen) atoms. The van der Waals surface area contributed by atoms with E-state index in [4.69, 9.17) is 15.0 Å². The van der Waals surface area contributed by atoms with Crippen molar-refractivity contribution >= 4 is 21.4 Å². The van der Waals surface area contributed by atoms with E-state index in [9.17, 15) is 0 Å². The number of aryl methyl sites for hydroxylation is 2. The molecule has 0 aliphatic carbocycles. The van der Waals surface area contributed by atoms with Gasteiger partial charge in [-0.25, -0.2) is 15.0 Å². The molecule has 0 N–H and O–H groups in total. The van der Waals surface area contributed by atoms with Crippen molar-refractivity contribution in [2.45, 2.75) is 13.8 Å². The average molecular weight is 622 g/mol. The molecule has 3 nitrogen and oxygen atoms in total. The van der Waals surface area contributed by atoms with E-state index in [-0.39, 0.29) is 0 Å². The zero-order valence-corrected chi connectivity index (χ0v) is 27.0. The quantitative estimate of drug-likeness (QED) is 0.185. The lowest BCUT2D eigenvalue weighted by Crippen LogP contribution is -1.98. The highest BCUT2D eigenvalue weighted by Gasteiger charge is 2.16. The standard InChI is InChI=1S/C43H31N3S/c1-28-29(2)47-42-36(28)22-13-23-37(42)33-20-12-21-34(24-33)43-45-40(32-18-10-5-11-19-32)27-41(46-43)35-25-38(30-14-6-3-7-15-30)44-39(26-35)31-16-8-4-9-17-31/h3-27H,1-2H3. The monoisotopic (exact) mass is 621 g/mol. The molecule has 0 fully saturated rings. The Morgan fingerprint density at radius 3 is 1.49 bits per heavy atom. The maximum absolute atomic E-state index is 5.25. The second kappa shape index (κ2) is 12.2. The molecule has 0 bridgehead atoms. The third kappa shape index (κ3) is 5.65. The smallest absolute Gasteiger partial charge is 0.160 e. The highest BCUT2D eigenvalue weighted by atomic mass is 32.1. The number of aromatic nitrogens is 3. The van der Waals surface area contributed by atoms with Crippen LogP contribution in [0.15, 0.2) is 152 Å². The van der Waals surface area contributed by atoms with Gasteiger partial charge in [0, 0.05) is 37.4 Å². The van der Waals surface area contributed by atoms with Crippen molar-refractivity contribution in [2.75, 3.05) is 0 Å². The third-order valence-electron chi connectivity index (χ3n) is 8.69. The van der Waals surface area contributed by atoms with Crippen LogP contribution in [0.3, 0.4) is 0 Å². The summed E-state index contributed by atoms with van der Waals surface area (Å²) < 4.78 is 1.32. The van der Waals surface area contributed by atoms with E-state index in [1.165, 1.54) is 26.1 Å². The van der Waals surface area contributed by atoms with Crippen LogP contribution in [-0.4, -0.2) is 15.0 Å². The minimum atomic E-state index is 0.688. The summed E-state index contributed by atoms with van der Waals surface area (Å²) in [7, 11) is 0. The van der Waals surface area contributed by atoms with Gasteiger partial charge in [0.25, 0.3) is 0 Å². The van der Waals surface area contributed by atoms with E-state index in [1.54, 1.807) is 0 Å². The second-order valence-corrected chi connectivity index (χ2v) is 13.0. The van der Waals surface area contributed by atoms with Crippen LogP contribution in [0.25, 0.3) is 77.6 Å². The van der Waals surface area contributed by atoms with Crippen LogP contribution in [-0.2, 0) is 0 Å². The molecule has 8 rings (SSSR count). The summed E-state index contributed by atoms with van der Waals surface area (Å²) in [5, 5.41) is 1.32. The SMILES string of the molecule is Cc1sc2c(-c3cccc(-c4nc(-c5ccccc5)cc(-c5cc(-c6ccccc6)nc(-c6ccccc6)c5)n4)c3)cccc2c1C. The van der Waals surface area contributed by atoms with Gasteiger partial charge in [0.15, 0.2) is 5.82 Å². The first kappa shape index (κ1) is 28.7. The van der Waals surface area contributed by atoms with E-state index in [1.807, 2.05) is 29.5 Å². The van der Waals surface area contributed by atoms with Crippen molar-refractivity contribution in [1.29, 1.82) is 0 Å². The topological polar surface area (TPSA) is 38.7 Å². The van der Waals surface area contributed by atoms with Gasteiger partial charge >= 0.3 is 0 Å². The molecular weight excluding hydrogens is 591 g/mol. The van der Waals surface area contributed by atoms with Crippen molar-refractivity contribution in [1.82, 2.24) is 15.0 Å². The lowest BCUT2D eigenvalue weighted by atomic mass is 9.99. The predicted octanol–water partition coefficient (Wildman–Crippen LogP) is 11.7. The number of fused-ring (bicyclic) bond motifs is 1. The fraction of sp³-hybridized carbons (Fsp3) is 0.0465. The Balaban J connectivity index is 1.32. The molecule has 0 saturated carbocycles. The van der Waals surface area contributed by atoms with Crippen LogP contribution in [0.5, 0.6) is 0 Å². The van der Waals surface area contributed by atoms with Crippen LogP contribution in [0.4, 0.5) is 0 Å². The van der Waals surface area contributed by atoms with Gasteiger partial charge in [-0.3, -0.25) is 0 Å². The maximum atomic E-state index is 5.25. The first-order chi connectivity index (χ1) is 23.1. The third-order valence-corrected chi connectivity index (χ3v) is 9.95. The van der Waals surface area contributed by atoms with E-state index < -0.39 is 0 Å². The largest absolute Gasteiger partial charge is 0.248 e. The number of pyridine rings is 1. The molecule has 3 heterocycles. The second-order valence-electron chi connectivity index (χ2n) is 11.7. The van der Waals surface area contributed by atoms with Crippen molar-refractivity contribution in [3.05, 3.63) is 162 Å². The number of hydrogen-bond acceptors (Lipinski definition) is 4. The van der Waals surface area contributed by atoms with E-state index >= 15 is 0 Å². The van der Waals surface area contributed by atoms with E-state index in [2.05, 4.69) is 147 Å². The van der Waals surface area contributed by atoms with Crippen LogP contribution in [0.2, 0.25) is 0 Å². The lowest BCUT2D eigenvalue weighted by molar-refractivity contribution is 1.18. The highest BCUT2D eigenvalue weighted by molar-refractivity contribution is 7.19. The Kier molecular flexibility index (Phi) is 7.48. The van der Waals surface area contributed by atoms with Gasteiger partial charge < -0.3 is 0 Å². The van der Waals surface area contributed by atoms with Gasteiger partial charge in [0.05, 0.1) is 22.8 Å². The summed E-state index contributed by atoms with van der Waals surface area (Å²) >= 11 is 1.86. The van der Waals surface area contributed by atoms with Gasteiger partial charge in [-0.2, -0.15) is 0 Å². The minimum absolute atomic E-state index is 0.688. The molecule has 0 saturated heterocycles. The van der Waals surface area contributed by atoms with E-state index in [0.29, 0.717) is 5.82 Å². The lowest BCUT2D eigenvalue weighted by Gasteiger charge is -2.13. The normalized spacial score (nSPS) is 11.2. The van der Waals surface area contributed by atoms with Gasteiger partial charge in [-0.15, -0.1) is 11.3 Å². The molecule has 224 valence electrons. The fourth-order valence-electron chi connectivity index (χ4n) is 6.09. The van der Waals surface area contributed by atoms with Crippen molar-refractivity contribution in [2.24, 2.45) is 0 Å². The number of benzene rings is 5. The highest BCUT2D eigenvalue weighted by Crippen LogP contribution is 2.39. The Hall–Kier alpha value is -5.71. The van der Waals surface area contributed by atoms with Crippen LogP contribution in [0.1, 0.15) is 10.4 Å². The Bertz CT molecular complexity index is 2300. The molecule has 0 aliphatic heterocycles. The molecular formula is C43H31N3S. The van der Waals surface area contributed by atoms with Crippen molar-refractivity contribution in [3.63, 3.8) is 0 Å². The minimum Gasteiger partial charge on any atom is -0.248 e. The number of thiophene rings is 1. The molecule has 0 amide bonds. The molecule has 0 spiro atoms. The zero-order valence-electron chi connectivity index (χ0n) is 26.2. The van der Waals surface area contributed by atoms with Gasteiger partial charge in [-0.1, -0.05) is 127 Å². The summed E-state index contributed by atoms with van der Waals surface area (Å²) in [6.45, 7) is 4.42. The van der Waals surface area contributed by atoms with Gasteiger partial charge in [-0.05, 0) is 60.2 Å². The summed E-state index contributed by atoms with van der Waals surface area (Å²) in [5.41, 5.74) is 12.4. The van der Waals surface area contributed by atoms with Crippen LogP contribution in [0, 0.1) is 13.8 Å². The summed E-state index contributed by atoms with van der Waals surface area (Å²) in [4.78, 5) is 16.9. The number of hydrogen-bond donors (Lipinski definition) is 0. The van der Waals surface area contributed by atoms with Gasteiger partial charge in [0.2, 0.25) is 0 Å². The Morgan fingerprint density at radius 2 is 0.894 bits per heavy atom. The molecule has 0 atom stereocenters. The van der Waals surface area contributed by atoms with Gasteiger partial charge in [0.1, 0.15) is 0 Å². The molecule has 3 aromatic heterocycles. The van der Waals surface area contributed by atoms with Crippen LogP contribution < -0.4 is 0 Å². The summed E-state index contributed by atoms with van der Waals surface area (Å²) in [6, 6.07) is 52.6. The molecule has 0 unspecified atom stereocenters.